The van der Waals surface area contributed by atoms with Crippen molar-refractivity contribution >= 4 is 28.3 Å². The van der Waals surface area contributed by atoms with Crippen LogP contribution in [0.3, 0.4) is 0 Å². The molecule has 0 aliphatic heterocycles. The highest BCUT2D eigenvalue weighted by Gasteiger charge is 2.13. The molecule has 0 aliphatic rings. The van der Waals surface area contributed by atoms with E-state index in [1.807, 2.05) is 36.4 Å². The van der Waals surface area contributed by atoms with Crippen LogP contribution >= 0.6 is 0 Å². The summed E-state index contributed by atoms with van der Waals surface area (Å²) >= 11 is 0. The first-order valence-corrected chi connectivity index (χ1v) is 6.96. The van der Waals surface area contributed by atoms with Gasteiger partial charge in [0.1, 0.15) is 6.04 Å². The minimum Gasteiger partial charge on any atom is -0.374 e. The quantitative estimate of drug-likeness (QED) is 0.595. The molecule has 0 aliphatic carbocycles. The molecular weight excluding hydrogens is 280 g/mol. The van der Waals surface area contributed by atoms with Gasteiger partial charge in [-0.05, 0) is 37.3 Å². The second-order valence-electron chi connectivity index (χ2n) is 5.06. The summed E-state index contributed by atoms with van der Waals surface area (Å²) < 4.78 is 0. The normalized spacial score (nSPS) is 12.0. The van der Waals surface area contributed by atoms with Gasteiger partial charge in [0.25, 0.3) is 0 Å². The monoisotopic (exact) mass is 296 g/mol. The van der Waals surface area contributed by atoms with Gasteiger partial charge in [-0.1, -0.05) is 18.2 Å². The predicted molar refractivity (Wildman–Crippen MR) is 87.1 cm³/mol. The van der Waals surface area contributed by atoms with Gasteiger partial charge in [-0.15, -0.1) is 0 Å². The molecule has 3 aromatic rings. The fourth-order valence-corrected chi connectivity index (χ4v) is 2.21. The number of H-pyrrole nitrogens is 2. The Kier molecular flexibility index (Phi) is 3.65. The van der Waals surface area contributed by atoms with Crippen molar-refractivity contribution in [2.75, 3.05) is 10.6 Å². The van der Waals surface area contributed by atoms with Crippen molar-refractivity contribution in [3.8, 4) is 0 Å². The third-order valence-corrected chi connectivity index (χ3v) is 3.33. The number of hydrogen-bond donors (Lipinski definition) is 4. The van der Waals surface area contributed by atoms with Crippen molar-refractivity contribution in [3.63, 3.8) is 0 Å². The zero-order valence-electron chi connectivity index (χ0n) is 12.0. The van der Waals surface area contributed by atoms with E-state index in [4.69, 9.17) is 0 Å². The minimum absolute atomic E-state index is 0.131. The number of carbonyl (C=O) groups excluding carboxylic acids is 1. The first-order valence-electron chi connectivity index (χ1n) is 6.96. The summed E-state index contributed by atoms with van der Waals surface area (Å²) in [7, 11) is 0. The van der Waals surface area contributed by atoms with Crippen LogP contribution in [0.2, 0.25) is 0 Å². The smallest absolute Gasteiger partial charge is 0.323 e. The summed E-state index contributed by atoms with van der Waals surface area (Å²) in [6, 6.07) is 14.3. The molecule has 6 nitrogen and oxygen atoms in total. The molecule has 2 aromatic carbocycles. The van der Waals surface area contributed by atoms with Crippen LogP contribution in [0.5, 0.6) is 0 Å². The maximum Gasteiger partial charge on any atom is 0.323 e. The summed E-state index contributed by atoms with van der Waals surface area (Å²) in [6.07, 6.45) is 0. The van der Waals surface area contributed by atoms with Crippen molar-refractivity contribution in [2.45, 2.75) is 13.0 Å². The predicted octanol–water partition coefficient (Wildman–Crippen LogP) is 2.30. The Morgan fingerprint density at radius 2 is 1.73 bits per heavy atom. The molecule has 0 radical (unpaired) electrons. The molecule has 1 aromatic heterocycles. The van der Waals surface area contributed by atoms with E-state index in [2.05, 4.69) is 20.6 Å². The van der Waals surface area contributed by atoms with Crippen molar-refractivity contribution < 1.29 is 4.79 Å². The van der Waals surface area contributed by atoms with Gasteiger partial charge in [0.05, 0.1) is 11.0 Å². The van der Waals surface area contributed by atoms with Crippen molar-refractivity contribution in [1.29, 1.82) is 0 Å². The van der Waals surface area contributed by atoms with E-state index in [1.54, 1.807) is 19.1 Å². The summed E-state index contributed by atoms with van der Waals surface area (Å²) in [6.45, 7) is 1.78. The van der Waals surface area contributed by atoms with Gasteiger partial charge in [-0.25, -0.2) is 4.79 Å². The number of benzene rings is 2. The third kappa shape index (κ3) is 3.01. The highest BCUT2D eigenvalue weighted by molar-refractivity contribution is 5.96. The van der Waals surface area contributed by atoms with Crippen LogP contribution < -0.4 is 16.3 Å². The molecule has 3 rings (SSSR count). The topological polar surface area (TPSA) is 89.8 Å². The number of anilines is 2. The maximum atomic E-state index is 12.1. The van der Waals surface area contributed by atoms with E-state index < -0.39 is 6.04 Å². The standard InChI is InChI=1S/C16H16N4O2/c1-10(15(21)18-11-5-3-2-4-6-11)17-12-7-8-13-14(9-12)20-16(22)19-13/h2-10,17H,1H3,(H,18,21)(H2,19,20,22). The summed E-state index contributed by atoms with van der Waals surface area (Å²) in [5, 5.41) is 5.95. The Hall–Kier alpha value is -3.02. The molecule has 1 unspecified atom stereocenters. The van der Waals surface area contributed by atoms with Gasteiger partial charge in [0.2, 0.25) is 5.91 Å². The molecule has 0 fully saturated rings. The molecule has 1 amide bonds. The lowest BCUT2D eigenvalue weighted by Crippen LogP contribution is -2.31. The Bertz CT molecular complexity index is 851. The molecule has 0 spiro atoms. The van der Waals surface area contributed by atoms with Gasteiger partial charge in [-0.2, -0.15) is 0 Å². The maximum absolute atomic E-state index is 12.1. The van der Waals surface area contributed by atoms with E-state index in [9.17, 15) is 9.59 Å². The van der Waals surface area contributed by atoms with E-state index >= 15 is 0 Å². The molecule has 6 heteroatoms. The number of rotatable bonds is 4. The van der Waals surface area contributed by atoms with E-state index in [1.165, 1.54) is 0 Å². The molecular formula is C16H16N4O2. The SMILES string of the molecule is CC(Nc1ccc2[nH]c(=O)[nH]c2c1)C(=O)Nc1ccccc1. The van der Waals surface area contributed by atoms with Crippen molar-refractivity contribution in [2.24, 2.45) is 0 Å². The van der Waals surface area contributed by atoms with Gasteiger partial charge in [0, 0.05) is 11.4 Å². The number of para-hydroxylation sites is 1. The highest BCUT2D eigenvalue weighted by Crippen LogP contribution is 2.16. The van der Waals surface area contributed by atoms with Crippen molar-refractivity contribution in [3.05, 3.63) is 59.0 Å². The Morgan fingerprint density at radius 3 is 2.50 bits per heavy atom. The van der Waals surface area contributed by atoms with Crippen LogP contribution in [0, 0.1) is 0 Å². The van der Waals surface area contributed by atoms with Crippen LogP contribution in [-0.2, 0) is 4.79 Å². The number of aromatic nitrogens is 2. The largest absolute Gasteiger partial charge is 0.374 e. The summed E-state index contributed by atoms with van der Waals surface area (Å²) in [5.74, 6) is -0.131. The van der Waals surface area contributed by atoms with Crippen molar-refractivity contribution in [1.82, 2.24) is 9.97 Å². The van der Waals surface area contributed by atoms with Gasteiger partial charge < -0.3 is 20.6 Å². The number of nitrogens with one attached hydrogen (secondary N) is 4. The van der Waals surface area contributed by atoms with E-state index in [-0.39, 0.29) is 11.6 Å². The number of hydrogen-bond acceptors (Lipinski definition) is 3. The third-order valence-electron chi connectivity index (χ3n) is 3.33. The lowest BCUT2D eigenvalue weighted by molar-refractivity contribution is -0.116. The highest BCUT2D eigenvalue weighted by atomic mass is 16.2. The Morgan fingerprint density at radius 1 is 1.00 bits per heavy atom. The lowest BCUT2D eigenvalue weighted by Gasteiger charge is -2.15. The van der Waals surface area contributed by atoms with Gasteiger partial charge in [0.15, 0.2) is 0 Å². The summed E-state index contributed by atoms with van der Waals surface area (Å²) in [5.41, 5.74) is 2.70. The van der Waals surface area contributed by atoms with E-state index in [0.29, 0.717) is 5.52 Å². The number of fused-ring (bicyclic) bond motifs is 1. The van der Waals surface area contributed by atoms with Gasteiger partial charge in [-0.3, -0.25) is 4.79 Å². The number of imidazole rings is 1. The zero-order valence-corrected chi connectivity index (χ0v) is 12.0. The van der Waals surface area contributed by atoms with Gasteiger partial charge >= 0.3 is 5.69 Å². The molecule has 4 N–H and O–H groups in total. The van der Waals surface area contributed by atoms with Crippen LogP contribution in [0.25, 0.3) is 11.0 Å². The molecule has 1 heterocycles. The first kappa shape index (κ1) is 13.9. The van der Waals surface area contributed by atoms with E-state index in [0.717, 1.165) is 16.9 Å². The average molecular weight is 296 g/mol. The molecule has 0 bridgehead atoms. The van der Waals surface area contributed by atoms with Crippen LogP contribution in [0.15, 0.2) is 53.3 Å². The molecule has 1 atom stereocenters. The average Bonchev–Trinajstić information content (AvgIpc) is 2.87. The fraction of sp³-hybridized carbons (Fsp3) is 0.125. The zero-order chi connectivity index (χ0) is 15.5. The number of aromatic amines is 2. The summed E-state index contributed by atoms with van der Waals surface area (Å²) in [4.78, 5) is 28.8. The number of amides is 1. The Balaban J connectivity index is 1.70. The Labute approximate surface area is 126 Å². The minimum atomic E-state index is -0.414. The van der Waals surface area contributed by atoms with Crippen LogP contribution in [-0.4, -0.2) is 21.9 Å². The molecule has 112 valence electrons. The van der Waals surface area contributed by atoms with Crippen LogP contribution in [0.4, 0.5) is 11.4 Å². The molecule has 22 heavy (non-hydrogen) atoms. The number of carbonyl (C=O) groups is 1. The molecule has 0 saturated heterocycles. The second-order valence-corrected chi connectivity index (χ2v) is 5.06. The molecule has 0 saturated carbocycles. The fourth-order valence-electron chi connectivity index (χ4n) is 2.21. The van der Waals surface area contributed by atoms with Crippen LogP contribution in [0.1, 0.15) is 6.92 Å². The second kappa shape index (κ2) is 5.77. The lowest BCUT2D eigenvalue weighted by atomic mass is 10.2. The first-order chi connectivity index (χ1) is 10.6.